The van der Waals surface area contributed by atoms with Crippen LogP contribution in [0.15, 0.2) is 54.9 Å². The monoisotopic (exact) mass is 488 g/mol. The third-order valence-corrected chi connectivity index (χ3v) is 7.58. The molecular formula is C30H30F2N2O2. The molecule has 4 nitrogen and oxygen atoms in total. The first kappa shape index (κ1) is 24.4. The van der Waals surface area contributed by atoms with E-state index in [9.17, 15) is 18.7 Å². The van der Waals surface area contributed by atoms with Gasteiger partial charge in [0.05, 0.1) is 0 Å². The van der Waals surface area contributed by atoms with Crippen molar-refractivity contribution >= 4 is 11.4 Å². The summed E-state index contributed by atoms with van der Waals surface area (Å²) in [6.07, 6.45) is 8.80. The van der Waals surface area contributed by atoms with Crippen LogP contribution in [0, 0.1) is 11.7 Å². The Labute approximate surface area is 210 Å². The molecule has 1 saturated carbocycles. The summed E-state index contributed by atoms with van der Waals surface area (Å²) in [4.78, 5) is 22.1. The van der Waals surface area contributed by atoms with Crippen molar-refractivity contribution in [2.24, 2.45) is 5.92 Å². The predicted molar refractivity (Wildman–Crippen MR) is 136 cm³/mol. The molecule has 186 valence electrons. The van der Waals surface area contributed by atoms with Gasteiger partial charge in [0.1, 0.15) is 11.5 Å². The highest BCUT2D eigenvalue weighted by Gasteiger charge is 2.47. The van der Waals surface area contributed by atoms with Gasteiger partial charge >= 0.3 is 0 Å². The van der Waals surface area contributed by atoms with E-state index in [0.29, 0.717) is 28.9 Å². The van der Waals surface area contributed by atoms with Crippen LogP contribution in [0.2, 0.25) is 0 Å². The van der Waals surface area contributed by atoms with Gasteiger partial charge in [-0.15, -0.1) is 0 Å². The summed E-state index contributed by atoms with van der Waals surface area (Å²) in [6.45, 7) is 4.68. The maximum absolute atomic E-state index is 14.6. The molecule has 6 heteroatoms. The van der Waals surface area contributed by atoms with Crippen molar-refractivity contribution in [1.82, 2.24) is 9.97 Å². The molecule has 2 aromatic carbocycles. The molecule has 2 aliphatic carbocycles. The lowest BCUT2D eigenvalue weighted by Crippen LogP contribution is -2.18. The van der Waals surface area contributed by atoms with Crippen molar-refractivity contribution in [3.63, 3.8) is 0 Å². The molecule has 0 saturated heterocycles. The number of allylic oxidation sites excluding steroid dienone is 1. The Morgan fingerprint density at radius 1 is 1.11 bits per heavy atom. The molecule has 1 unspecified atom stereocenters. The minimum atomic E-state index is -1.59. The summed E-state index contributed by atoms with van der Waals surface area (Å²) in [5, 5.41) is 9.25. The second-order valence-corrected chi connectivity index (χ2v) is 10.6. The van der Waals surface area contributed by atoms with Gasteiger partial charge < -0.3 is 5.11 Å². The number of aliphatic hydroxyl groups excluding tert-OH is 1. The van der Waals surface area contributed by atoms with Crippen LogP contribution in [-0.4, -0.2) is 27.5 Å². The molecule has 1 heterocycles. The number of aromatic nitrogens is 2. The maximum atomic E-state index is 14.6. The standard InChI is InChI=1S/C30H30F2N2O2/c1-18(9-13-35)27(36)19-4-6-25-24(14-19)22(8-10-30(25)11-12-30)28-33-16-20(17-34-28)23-15-21(29(2,3)32)5-7-26(23)31/h4-8,14-18,35H,9-13H2,1-3H3. The minimum absolute atomic E-state index is 0.00373. The number of carbonyl (C=O) groups excluding carboxylic acids is 1. The summed E-state index contributed by atoms with van der Waals surface area (Å²) in [7, 11) is 0. The number of nitrogens with zero attached hydrogens (tertiary/aromatic N) is 2. The topological polar surface area (TPSA) is 63.1 Å². The molecule has 0 bridgehead atoms. The van der Waals surface area contributed by atoms with E-state index in [1.165, 1.54) is 37.6 Å². The van der Waals surface area contributed by atoms with Crippen molar-refractivity contribution in [2.45, 2.75) is 57.5 Å². The van der Waals surface area contributed by atoms with Crippen molar-refractivity contribution in [1.29, 1.82) is 0 Å². The fourth-order valence-corrected chi connectivity index (χ4v) is 5.07. The molecule has 1 aromatic heterocycles. The van der Waals surface area contributed by atoms with Gasteiger partial charge in [0.25, 0.3) is 0 Å². The Balaban J connectivity index is 1.51. The fourth-order valence-electron chi connectivity index (χ4n) is 5.07. The van der Waals surface area contributed by atoms with Gasteiger partial charge in [0, 0.05) is 47.2 Å². The van der Waals surface area contributed by atoms with Crippen molar-refractivity contribution in [3.05, 3.63) is 88.8 Å². The Hall–Kier alpha value is -3.25. The quantitative estimate of drug-likeness (QED) is 0.383. The number of halogens is 2. The third-order valence-electron chi connectivity index (χ3n) is 7.58. The number of ketones is 1. The molecular weight excluding hydrogens is 458 g/mol. The van der Waals surface area contributed by atoms with Gasteiger partial charge in [-0.25, -0.2) is 18.7 Å². The molecule has 1 spiro atoms. The van der Waals surface area contributed by atoms with Gasteiger partial charge in [0.2, 0.25) is 0 Å². The van der Waals surface area contributed by atoms with E-state index >= 15 is 0 Å². The number of hydrogen-bond donors (Lipinski definition) is 1. The number of fused-ring (bicyclic) bond motifs is 2. The van der Waals surface area contributed by atoms with Gasteiger partial charge in [-0.3, -0.25) is 4.79 Å². The minimum Gasteiger partial charge on any atom is -0.396 e. The van der Waals surface area contributed by atoms with E-state index in [4.69, 9.17) is 0 Å². The first-order valence-corrected chi connectivity index (χ1v) is 12.4. The fraction of sp³-hybridized carbons (Fsp3) is 0.367. The highest BCUT2D eigenvalue weighted by atomic mass is 19.1. The zero-order chi connectivity index (χ0) is 25.7. The van der Waals surface area contributed by atoms with Crippen molar-refractivity contribution < 1.29 is 18.7 Å². The number of hydrogen-bond acceptors (Lipinski definition) is 4. The second kappa shape index (κ2) is 9.00. The number of benzene rings is 2. The van der Waals surface area contributed by atoms with Gasteiger partial charge in [-0.2, -0.15) is 0 Å². The lowest BCUT2D eigenvalue weighted by atomic mass is 9.78. The Kier molecular flexibility index (Phi) is 6.11. The Morgan fingerprint density at radius 2 is 1.83 bits per heavy atom. The van der Waals surface area contributed by atoms with Gasteiger partial charge in [0.15, 0.2) is 11.6 Å². The number of rotatable bonds is 7. The van der Waals surface area contributed by atoms with Gasteiger partial charge in [-0.05, 0) is 79.8 Å². The van der Waals surface area contributed by atoms with Crippen LogP contribution in [0.25, 0.3) is 16.7 Å². The normalized spacial score (nSPS) is 16.9. The molecule has 1 fully saturated rings. The summed E-state index contributed by atoms with van der Waals surface area (Å²) in [6, 6.07) is 10.1. The average molecular weight is 489 g/mol. The van der Waals surface area contributed by atoms with E-state index < -0.39 is 11.5 Å². The highest BCUT2D eigenvalue weighted by Crippen LogP contribution is 2.56. The summed E-state index contributed by atoms with van der Waals surface area (Å²) >= 11 is 0. The lowest BCUT2D eigenvalue weighted by molar-refractivity contribution is 0.0908. The SMILES string of the molecule is CC(CCO)C(=O)c1ccc2c(c1)C(c1ncc(-c3cc(C(C)(C)F)ccc3F)cn1)=CCC21CC1. The van der Waals surface area contributed by atoms with Crippen LogP contribution in [0.3, 0.4) is 0 Å². The summed E-state index contributed by atoms with van der Waals surface area (Å²) in [5.74, 6) is -0.221. The molecule has 0 amide bonds. The highest BCUT2D eigenvalue weighted by molar-refractivity contribution is 5.99. The lowest BCUT2D eigenvalue weighted by Gasteiger charge is -2.26. The number of carbonyl (C=O) groups is 1. The van der Waals surface area contributed by atoms with Crippen molar-refractivity contribution in [2.75, 3.05) is 6.61 Å². The number of Topliss-reactive ketones (excluding diaryl/α,β-unsaturated/α-hetero) is 1. The zero-order valence-electron chi connectivity index (χ0n) is 20.8. The van der Waals surface area contributed by atoms with E-state index in [2.05, 4.69) is 22.1 Å². The van der Waals surface area contributed by atoms with E-state index in [1.807, 2.05) is 19.1 Å². The molecule has 0 aliphatic heterocycles. The van der Waals surface area contributed by atoms with Crippen molar-refractivity contribution in [3.8, 4) is 11.1 Å². The Morgan fingerprint density at radius 3 is 2.47 bits per heavy atom. The van der Waals surface area contributed by atoms with Crippen LogP contribution in [0.4, 0.5) is 8.78 Å². The van der Waals surface area contributed by atoms with E-state index in [-0.39, 0.29) is 29.3 Å². The summed E-state index contributed by atoms with van der Waals surface area (Å²) < 4.78 is 29.0. The maximum Gasteiger partial charge on any atom is 0.165 e. The van der Waals surface area contributed by atoms with Crippen LogP contribution in [0.5, 0.6) is 0 Å². The predicted octanol–water partition coefficient (Wildman–Crippen LogP) is 6.56. The smallest absolute Gasteiger partial charge is 0.165 e. The van der Waals surface area contributed by atoms with Crippen LogP contribution in [-0.2, 0) is 11.1 Å². The van der Waals surface area contributed by atoms with Gasteiger partial charge in [-0.1, -0.05) is 31.2 Å². The molecule has 2 aliphatic rings. The third kappa shape index (κ3) is 4.39. The first-order valence-electron chi connectivity index (χ1n) is 12.4. The zero-order valence-corrected chi connectivity index (χ0v) is 20.8. The van der Waals surface area contributed by atoms with Crippen LogP contribution in [0.1, 0.15) is 79.3 Å². The number of aliphatic hydroxyl groups is 1. The molecule has 1 atom stereocenters. The average Bonchev–Trinajstić information content (AvgIpc) is 3.64. The first-order chi connectivity index (χ1) is 17.1. The molecule has 36 heavy (non-hydrogen) atoms. The molecule has 5 rings (SSSR count). The molecule has 3 aromatic rings. The number of alkyl halides is 1. The largest absolute Gasteiger partial charge is 0.396 e. The van der Waals surface area contributed by atoms with Crippen LogP contribution >= 0.6 is 0 Å². The van der Waals surface area contributed by atoms with Crippen LogP contribution < -0.4 is 0 Å². The van der Waals surface area contributed by atoms with E-state index in [0.717, 1.165) is 30.4 Å². The van der Waals surface area contributed by atoms with E-state index in [1.54, 1.807) is 12.4 Å². The molecule has 1 N–H and O–H groups in total. The molecule has 0 radical (unpaired) electrons. The second-order valence-electron chi connectivity index (χ2n) is 10.6. The Bertz CT molecular complexity index is 1350. The summed E-state index contributed by atoms with van der Waals surface area (Å²) in [5.41, 5.74) is 3.28.